The van der Waals surface area contributed by atoms with Crippen LogP contribution >= 0.6 is 0 Å². The van der Waals surface area contributed by atoms with Crippen LogP contribution in [0.15, 0.2) is 37.0 Å². The van der Waals surface area contributed by atoms with Gasteiger partial charge >= 0.3 is 5.97 Å². The van der Waals surface area contributed by atoms with Crippen LogP contribution in [0.1, 0.15) is 67.2 Å². The lowest BCUT2D eigenvalue weighted by atomic mass is 9.96. The van der Waals surface area contributed by atoms with Gasteiger partial charge in [-0.2, -0.15) is 0 Å². The van der Waals surface area contributed by atoms with Crippen LogP contribution in [0.4, 0.5) is 0 Å². The summed E-state index contributed by atoms with van der Waals surface area (Å²) in [4.78, 5) is 11.2. The summed E-state index contributed by atoms with van der Waals surface area (Å²) in [6, 6.07) is 0. The van der Waals surface area contributed by atoms with Gasteiger partial charge < -0.3 is 4.74 Å². The number of rotatable bonds is 9. The van der Waals surface area contributed by atoms with Crippen LogP contribution < -0.4 is 0 Å². The molecule has 0 N–H and O–H groups in total. The van der Waals surface area contributed by atoms with Gasteiger partial charge in [0.2, 0.25) is 0 Å². The first-order valence-electron chi connectivity index (χ1n) is 8.22. The second-order valence-corrected chi connectivity index (χ2v) is 4.26. The molecule has 21 heavy (non-hydrogen) atoms. The quantitative estimate of drug-likeness (QED) is 0.292. The van der Waals surface area contributed by atoms with Gasteiger partial charge in [0.15, 0.2) is 0 Å². The highest BCUT2D eigenvalue weighted by atomic mass is 16.5. The molecule has 0 bridgehead atoms. The molecule has 0 aliphatic heterocycles. The van der Waals surface area contributed by atoms with Crippen LogP contribution in [0, 0.1) is 5.92 Å². The minimum absolute atomic E-state index is 0.290. The summed E-state index contributed by atoms with van der Waals surface area (Å²) in [5, 5.41) is 0. The highest BCUT2D eigenvalue weighted by Gasteiger charge is 2.08. The van der Waals surface area contributed by atoms with Crippen molar-refractivity contribution in [1.29, 1.82) is 0 Å². The van der Waals surface area contributed by atoms with Crippen molar-refractivity contribution in [2.45, 2.75) is 67.2 Å². The average Bonchev–Trinajstić information content (AvgIpc) is 2.51. The lowest BCUT2D eigenvalue weighted by Gasteiger charge is -2.14. The highest BCUT2D eigenvalue weighted by molar-refractivity contribution is 5.86. The lowest BCUT2D eigenvalue weighted by molar-refractivity contribution is -0.139. The zero-order valence-corrected chi connectivity index (χ0v) is 15.1. The Hall–Kier alpha value is -1.31. The van der Waals surface area contributed by atoms with Crippen molar-refractivity contribution in [3.05, 3.63) is 37.0 Å². The van der Waals surface area contributed by atoms with Gasteiger partial charge in [0.05, 0.1) is 6.61 Å². The van der Waals surface area contributed by atoms with Gasteiger partial charge in [-0.25, -0.2) is 4.79 Å². The molecule has 0 saturated heterocycles. The van der Waals surface area contributed by atoms with Gasteiger partial charge in [-0.05, 0) is 25.7 Å². The number of hydrogen-bond acceptors (Lipinski definition) is 2. The van der Waals surface area contributed by atoms with Gasteiger partial charge in [0, 0.05) is 5.57 Å². The molecule has 0 fully saturated rings. The minimum Gasteiger partial charge on any atom is -0.462 e. The summed E-state index contributed by atoms with van der Waals surface area (Å²) >= 11 is 0. The summed E-state index contributed by atoms with van der Waals surface area (Å²) in [6.45, 7) is 19.5. The standard InChI is InChI=1S/C15H24O2.2C2H6/c1-5-7-8-10-14(9-6-2)11-12-17-15(16)13(3)4;2*1-2/h5,7-8,14H,1,3,6,9-12H2,2,4H3;2*1-2H3. The zero-order valence-electron chi connectivity index (χ0n) is 15.1. The Morgan fingerprint density at radius 3 is 2.19 bits per heavy atom. The first-order chi connectivity index (χ1) is 10.1. The smallest absolute Gasteiger partial charge is 0.333 e. The summed E-state index contributed by atoms with van der Waals surface area (Å²) < 4.78 is 5.10. The first kappa shape index (κ1) is 24.7. The van der Waals surface area contributed by atoms with E-state index in [0.717, 1.165) is 25.7 Å². The molecule has 0 spiro atoms. The Kier molecular flexibility index (Phi) is 24.7. The van der Waals surface area contributed by atoms with E-state index in [1.54, 1.807) is 13.0 Å². The van der Waals surface area contributed by atoms with Crippen molar-refractivity contribution in [2.75, 3.05) is 6.61 Å². The molecule has 0 aromatic carbocycles. The van der Waals surface area contributed by atoms with Crippen molar-refractivity contribution >= 4 is 5.97 Å². The SMILES string of the molecule is C=CC=CCC(CCC)CCOC(=O)C(=C)C.CC.CC. The van der Waals surface area contributed by atoms with Crippen molar-refractivity contribution in [1.82, 2.24) is 0 Å². The molecular formula is C19H36O2. The Morgan fingerprint density at radius 1 is 1.19 bits per heavy atom. The Balaban J connectivity index is -0.000000739. The van der Waals surface area contributed by atoms with E-state index in [2.05, 4.69) is 26.2 Å². The van der Waals surface area contributed by atoms with Crippen LogP contribution in [0.2, 0.25) is 0 Å². The summed E-state index contributed by atoms with van der Waals surface area (Å²) in [6.07, 6.45) is 10.1. The first-order valence-corrected chi connectivity index (χ1v) is 8.22. The van der Waals surface area contributed by atoms with E-state index in [9.17, 15) is 4.79 Å². The van der Waals surface area contributed by atoms with E-state index in [1.165, 1.54) is 0 Å². The fraction of sp³-hybridized carbons (Fsp3) is 0.632. The van der Waals surface area contributed by atoms with Crippen LogP contribution in [-0.4, -0.2) is 12.6 Å². The second kappa shape index (κ2) is 21.0. The fourth-order valence-electron chi connectivity index (χ4n) is 1.60. The number of carbonyl (C=O) groups excluding carboxylic acids is 1. The predicted octanol–water partition coefficient (Wildman–Crippen LogP) is 6.10. The third-order valence-corrected chi connectivity index (χ3v) is 2.55. The number of hydrogen-bond donors (Lipinski definition) is 0. The Bertz CT molecular complexity index is 277. The van der Waals surface area contributed by atoms with E-state index < -0.39 is 0 Å². The number of carbonyl (C=O) groups is 1. The molecule has 2 nitrogen and oxygen atoms in total. The van der Waals surface area contributed by atoms with E-state index in [-0.39, 0.29) is 5.97 Å². The molecule has 0 aliphatic carbocycles. The monoisotopic (exact) mass is 296 g/mol. The maximum atomic E-state index is 11.2. The van der Waals surface area contributed by atoms with Gasteiger partial charge in [0.25, 0.3) is 0 Å². The molecule has 0 rings (SSSR count). The summed E-state index contributed by atoms with van der Waals surface area (Å²) in [5.41, 5.74) is 0.462. The van der Waals surface area contributed by atoms with Gasteiger partial charge in [-0.15, -0.1) is 0 Å². The maximum Gasteiger partial charge on any atom is 0.333 e. The lowest BCUT2D eigenvalue weighted by Crippen LogP contribution is -2.10. The second-order valence-electron chi connectivity index (χ2n) is 4.26. The van der Waals surface area contributed by atoms with Crippen LogP contribution in [0.5, 0.6) is 0 Å². The topological polar surface area (TPSA) is 26.3 Å². The third-order valence-electron chi connectivity index (χ3n) is 2.55. The number of esters is 1. The molecule has 1 unspecified atom stereocenters. The van der Waals surface area contributed by atoms with Crippen molar-refractivity contribution in [2.24, 2.45) is 5.92 Å². The highest BCUT2D eigenvalue weighted by Crippen LogP contribution is 2.16. The third kappa shape index (κ3) is 18.7. The molecule has 0 amide bonds. The molecule has 1 atom stereocenters. The van der Waals surface area contributed by atoms with E-state index in [4.69, 9.17) is 4.74 Å². The van der Waals surface area contributed by atoms with E-state index >= 15 is 0 Å². The summed E-state index contributed by atoms with van der Waals surface area (Å²) in [7, 11) is 0. The van der Waals surface area contributed by atoms with Gasteiger partial charge in [0.1, 0.15) is 0 Å². The van der Waals surface area contributed by atoms with E-state index in [0.29, 0.717) is 18.1 Å². The average molecular weight is 296 g/mol. The normalized spacial score (nSPS) is 10.6. The summed E-state index contributed by atoms with van der Waals surface area (Å²) in [5.74, 6) is 0.288. The molecule has 0 aromatic rings. The fourth-order valence-corrected chi connectivity index (χ4v) is 1.60. The number of allylic oxidation sites excluding steroid dienone is 3. The van der Waals surface area contributed by atoms with Crippen molar-refractivity contribution in [3.8, 4) is 0 Å². The van der Waals surface area contributed by atoms with Crippen molar-refractivity contribution in [3.63, 3.8) is 0 Å². The molecule has 0 saturated carbocycles. The molecular weight excluding hydrogens is 260 g/mol. The molecule has 0 aliphatic rings. The van der Waals surface area contributed by atoms with E-state index in [1.807, 2.05) is 33.8 Å². The van der Waals surface area contributed by atoms with Crippen LogP contribution in [0.3, 0.4) is 0 Å². The minimum atomic E-state index is -0.290. The Morgan fingerprint density at radius 2 is 1.76 bits per heavy atom. The molecule has 124 valence electrons. The Labute approximate surface area is 133 Å². The van der Waals surface area contributed by atoms with Crippen LogP contribution in [-0.2, 0) is 9.53 Å². The molecule has 2 heteroatoms. The van der Waals surface area contributed by atoms with Crippen molar-refractivity contribution < 1.29 is 9.53 Å². The zero-order chi connectivity index (χ0) is 17.1. The predicted molar refractivity (Wildman–Crippen MR) is 95.4 cm³/mol. The molecule has 0 aromatic heterocycles. The van der Waals surface area contributed by atoms with Gasteiger partial charge in [-0.1, -0.05) is 78.8 Å². The van der Waals surface area contributed by atoms with Gasteiger partial charge in [-0.3, -0.25) is 0 Å². The van der Waals surface area contributed by atoms with Crippen LogP contribution in [0.25, 0.3) is 0 Å². The number of ether oxygens (including phenoxy) is 1. The largest absolute Gasteiger partial charge is 0.462 e. The molecule has 0 radical (unpaired) electrons. The molecule has 0 heterocycles. The maximum absolute atomic E-state index is 11.2.